The summed E-state index contributed by atoms with van der Waals surface area (Å²) in [7, 11) is -5.20. The van der Waals surface area contributed by atoms with Crippen molar-refractivity contribution in [3.8, 4) is 0 Å². The van der Waals surface area contributed by atoms with Crippen LogP contribution in [0.25, 0.3) is 0 Å². The standard InChI is InChI=1S/HN2O5S.2Na/c3-1-2(4)8(5,6)7;;/h(H,5,6,7);;/q-1;2*+1/p-1. The van der Waals surface area contributed by atoms with Gasteiger partial charge in [-0.25, -0.2) is 13.0 Å². The molecule has 0 bridgehead atoms. The second-order valence-corrected chi connectivity index (χ2v) is 1.92. The van der Waals surface area contributed by atoms with Crippen molar-refractivity contribution in [3.63, 3.8) is 0 Å². The van der Waals surface area contributed by atoms with Crippen LogP contribution < -0.4 is 59.1 Å². The number of rotatable bonds is 2. The predicted molar refractivity (Wildman–Crippen MR) is 20.7 cm³/mol. The van der Waals surface area contributed by atoms with Crippen LogP contribution in [-0.2, 0) is 10.3 Å². The van der Waals surface area contributed by atoms with E-state index in [1.54, 1.807) is 0 Å². The van der Waals surface area contributed by atoms with Crippen LogP contribution in [0.15, 0.2) is 5.29 Å². The van der Waals surface area contributed by atoms with Crippen LogP contribution in [0.5, 0.6) is 0 Å². The summed E-state index contributed by atoms with van der Waals surface area (Å²) in [4.78, 5) is 8.94. The molecule has 0 saturated carbocycles. The molecule has 0 fully saturated rings. The van der Waals surface area contributed by atoms with E-state index in [1.807, 2.05) is 0 Å². The van der Waals surface area contributed by atoms with Crippen molar-refractivity contribution in [2.24, 2.45) is 5.29 Å². The fraction of sp³-hybridized carbons (Fsp3) is 0. The van der Waals surface area contributed by atoms with Gasteiger partial charge in [0.2, 0.25) is 0 Å². The van der Waals surface area contributed by atoms with Crippen LogP contribution in [0.3, 0.4) is 0 Å². The third-order valence-corrected chi connectivity index (χ3v) is 0.707. The average molecular weight is 186 g/mol. The quantitative estimate of drug-likeness (QED) is 0.184. The van der Waals surface area contributed by atoms with Gasteiger partial charge in [0.15, 0.2) is 10.3 Å². The Morgan fingerprint density at radius 1 is 1.30 bits per heavy atom. The van der Waals surface area contributed by atoms with E-state index < -0.39 is 14.9 Å². The topological polar surface area (TPSA) is 113 Å². The van der Waals surface area contributed by atoms with E-state index in [-0.39, 0.29) is 59.1 Å². The van der Waals surface area contributed by atoms with Gasteiger partial charge in [0.25, 0.3) is 0 Å². The maximum Gasteiger partial charge on any atom is 1.00 e. The van der Waals surface area contributed by atoms with Crippen LogP contribution in [0.2, 0.25) is 0 Å². The van der Waals surface area contributed by atoms with Crippen LogP contribution in [0.1, 0.15) is 0 Å². The van der Waals surface area contributed by atoms with Gasteiger partial charge >= 0.3 is 59.1 Å². The van der Waals surface area contributed by atoms with Crippen LogP contribution >= 0.6 is 0 Å². The van der Waals surface area contributed by atoms with Crippen molar-refractivity contribution in [1.82, 2.24) is 4.58 Å². The summed E-state index contributed by atoms with van der Waals surface area (Å²) in [6.45, 7) is 0. The van der Waals surface area contributed by atoms with Gasteiger partial charge in [0.05, 0.1) is 5.29 Å². The summed E-state index contributed by atoms with van der Waals surface area (Å²) in [5.74, 6) is 0. The molecule has 0 aromatic carbocycles. The van der Waals surface area contributed by atoms with Crippen LogP contribution in [-0.4, -0.2) is 17.5 Å². The van der Waals surface area contributed by atoms with E-state index in [4.69, 9.17) is 4.91 Å². The molecule has 0 amide bonds. The first-order valence-corrected chi connectivity index (χ1v) is 2.61. The molecule has 0 aromatic rings. The summed E-state index contributed by atoms with van der Waals surface area (Å²) in [5.41, 5.74) is 0. The van der Waals surface area contributed by atoms with Crippen molar-refractivity contribution < 1.29 is 72.1 Å². The molecule has 0 radical (unpaired) electrons. The molecule has 0 aromatic heterocycles. The van der Waals surface area contributed by atoms with Crippen molar-refractivity contribution in [2.75, 3.05) is 0 Å². The summed E-state index contributed by atoms with van der Waals surface area (Å²) in [6, 6.07) is 0. The van der Waals surface area contributed by atoms with Gasteiger partial charge < -0.3 is 9.76 Å². The summed E-state index contributed by atoms with van der Waals surface area (Å²) < 4.78 is 26.5. The Balaban J connectivity index is -0.000000245. The average Bonchev–Trinajstić information content (AvgIpc) is 1.62. The maximum absolute atomic E-state index is 9.37. The smallest absolute Gasteiger partial charge is 0.730 e. The molecule has 0 rings (SSSR count). The molecule has 0 aliphatic carbocycles. The Bertz CT molecular complexity index is 174. The Morgan fingerprint density at radius 2 is 1.60 bits per heavy atom. The van der Waals surface area contributed by atoms with Gasteiger partial charge in [0.1, 0.15) is 0 Å². The van der Waals surface area contributed by atoms with Gasteiger partial charge in [-0.2, -0.15) is 0 Å². The molecule has 0 heterocycles. The number of nitroso groups, excluding NO2 is 1. The molecule has 0 N–H and O–H groups in total. The number of hydrogen-bond donors (Lipinski definition) is 0. The second-order valence-electron chi connectivity index (χ2n) is 0.747. The fourth-order valence-electron chi connectivity index (χ4n) is 0.0408. The molecular weight excluding hydrogens is 186 g/mol. The third-order valence-electron chi connectivity index (χ3n) is 0.258. The molecule has 0 saturated heterocycles. The molecule has 0 unspecified atom stereocenters. The van der Waals surface area contributed by atoms with Crippen LogP contribution in [0, 0.1) is 10.1 Å². The number of nitrogens with zero attached hydrogens (tertiary/aromatic N) is 2. The van der Waals surface area contributed by atoms with E-state index in [0.29, 0.717) is 0 Å². The van der Waals surface area contributed by atoms with E-state index in [0.717, 1.165) is 0 Å². The van der Waals surface area contributed by atoms with Gasteiger partial charge in [0, 0.05) is 0 Å². The molecule has 10 heavy (non-hydrogen) atoms. The van der Waals surface area contributed by atoms with Crippen molar-refractivity contribution in [3.05, 3.63) is 10.1 Å². The minimum absolute atomic E-state index is 0. The van der Waals surface area contributed by atoms with Crippen LogP contribution in [0.4, 0.5) is 0 Å². The van der Waals surface area contributed by atoms with E-state index in [1.165, 1.54) is 5.29 Å². The van der Waals surface area contributed by atoms with Crippen molar-refractivity contribution in [2.45, 2.75) is 0 Å². The molecule has 0 atom stereocenters. The first-order valence-electron chi connectivity index (χ1n) is 1.25. The Hall–Kier alpha value is 1.27. The molecular formula is N2Na2O5S. The minimum atomic E-state index is -5.20. The Kier molecular flexibility index (Phi) is 12.1. The Labute approximate surface area is 101 Å². The van der Waals surface area contributed by atoms with Gasteiger partial charge in [-0.1, -0.05) is 0 Å². The Morgan fingerprint density at radius 3 is 1.60 bits per heavy atom. The first-order chi connectivity index (χ1) is 3.48. The van der Waals surface area contributed by atoms with Gasteiger partial charge in [-0.05, 0) is 0 Å². The zero-order valence-electron chi connectivity index (χ0n) is 5.34. The maximum atomic E-state index is 9.37. The molecule has 48 valence electrons. The fourth-order valence-corrected chi connectivity index (χ4v) is 0.122. The molecule has 7 nitrogen and oxygen atoms in total. The predicted octanol–water partition coefficient (Wildman–Crippen LogP) is -7.06. The monoisotopic (exact) mass is 186 g/mol. The van der Waals surface area contributed by atoms with Crippen molar-refractivity contribution >= 4 is 10.3 Å². The summed E-state index contributed by atoms with van der Waals surface area (Å²) >= 11 is 0. The van der Waals surface area contributed by atoms with Gasteiger partial charge in [-0.3, -0.25) is 0 Å². The molecule has 0 aliphatic heterocycles. The van der Waals surface area contributed by atoms with E-state index in [9.17, 15) is 18.2 Å². The molecule has 0 aliphatic rings. The third kappa shape index (κ3) is 7.38. The van der Waals surface area contributed by atoms with Gasteiger partial charge in [-0.15, -0.1) is 4.91 Å². The molecule has 0 spiro atoms. The summed E-state index contributed by atoms with van der Waals surface area (Å²) in [5, 5.41) is 10.7. The van der Waals surface area contributed by atoms with Crippen molar-refractivity contribution in [1.29, 1.82) is 0 Å². The zero-order valence-corrected chi connectivity index (χ0v) is 10.2. The zero-order chi connectivity index (χ0) is 6.78. The van der Waals surface area contributed by atoms with E-state index >= 15 is 0 Å². The number of hydrogen-bond acceptors (Lipinski definition) is 6. The van der Waals surface area contributed by atoms with E-state index in [2.05, 4.69) is 0 Å². The normalized spacial score (nSPS) is 8.60. The SMILES string of the molecule is O=NN([O-])S(=O)(=O)[O-].[Na+].[Na+]. The molecule has 10 heteroatoms. The minimum Gasteiger partial charge on any atom is -0.730 e. The first kappa shape index (κ1) is 17.4. The second kappa shape index (κ2) is 6.95. The largest absolute Gasteiger partial charge is 1.00 e. The summed E-state index contributed by atoms with van der Waals surface area (Å²) in [6.07, 6.45) is 0.